The first kappa shape index (κ1) is 21.3. The number of benzene rings is 1. The maximum Gasteiger partial charge on any atom is 0.259 e. The summed E-state index contributed by atoms with van der Waals surface area (Å²) in [6, 6.07) is 8.56. The van der Waals surface area contributed by atoms with Crippen LogP contribution in [0.1, 0.15) is 28.5 Å². The van der Waals surface area contributed by atoms with Crippen molar-refractivity contribution in [2.75, 3.05) is 26.2 Å². The highest BCUT2D eigenvalue weighted by atomic mass is 19.1. The van der Waals surface area contributed by atoms with Gasteiger partial charge in [-0.05, 0) is 37.6 Å². The zero-order chi connectivity index (χ0) is 22.9. The molecule has 4 aromatic rings. The van der Waals surface area contributed by atoms with E-state index in [0.717, 1.165) is 42.1 Å². The van der Waals surface area contributed by atoms with Gasteiger partial charge in [0.25, 0.3) is 5.91 Å². The number of carbonyl (C=O) groups is 1. The van der Waals surface area contributed by atoms with Crippen LogP contribution in [0.4, 0.5) is 4.39 Å². The minimum Gasteiger partial charge on any atom is -0.336 e. The largest absolute Gasteiger partial charge is 0.336 e. The molecule has 0 bridgehead atoms. The number of hydrogen-bond acceptors (Lipinski definition) is 5. The Morgan fingerprint density at radius 2 is 1.97 bits per heavy atom. The number of nitrogens with zero attached hydrogens (tertiary/aromatic N) is 7. The van der Waals surface area contributed by atoms with Gasteiger partial charge in [-0.2, -0.15) is 10.2 Å². The number of hydrogen-bond donors (Lipinski definition) is 0. The van der Waals surface area contributed by atoms with E-state index >= 15 is 0 Å². The number of aryl methyl sites for hydroxylation is 2. The Hall–Kier alpha value is -3.59. The molecule has 1 saturated heterocycles. The summed E-state index contributed by atoms with van der Waals surface area (Å²) >= 11 is 0. The van der Waals surface area contributed by atoms with Crippen LogP contribution in [-0.4, -0.2) is 66.3 Å². The Morgan fingerprint density at radius 3 is 2.70 bits per heavy atom. The highest BCUT2D eigenvalue weighted by Gasteiger charge is 2.26. The van der Waals surface area contributed by atoms with Crippen LogP contribution in [0.5, 0.6) is 0 Å². The van der Waals surface area contributed by atoms with E-state index in [2.05, 4.69) is 20.1 Å². The van der Waals surface area contributed by atoms with Crippen LogP contribution in [0.15, 0.2) is 48.9 Å². The van der Waals surface area contributed by atoms with E-state index < -0.39 is 0 Å². The summed E-state index contributed by atoms with van der Waals surface area (Å²) in [6.45, 7) is 8.13. The lowest BCUT2D eigenvalue weighted by molar-refractivity contribution is 0.0630. The standard InChI is InChI=1S/C24H26FN7O/c1-3-31-16-21(17(2)28-31)22-7-8-26-23-20(14-27-32(22)23)24(33)30-11-9-29(10-12-30)15-18-5-4-6-19(25)13-18/h4-8,13-14,16H,3,9-12,15H2,1-2H3. The van der Waals surface area contributed by atoms with Crippen molar-refractivity contribution in [1.29, 1.82) is 0 Å². The summed E-state index contributed by atoms with van der Waals surface area (Å²) in [5.74, 6) is -0.292. The second-order valence-electron chi connectivity index (χ2n) is 8.31. The van der Waals surface area contributed by atoms with E-state index in [4.69, 9.17) is 0 Å². The van der Waals surface area contributed by atoms with Crippen LogP contribution >= 0.6 is 0 Å². The summed E-state index contributed by atoms with van der Waals surface area (Å²) < 4.78 is 17.1. The molecule has 1 aromatic carbocycles. The maximum atomic E-state index is 13.5. The van der Waals surface area contributed by atoms with Crippen LogP contribution < -0.4 is 0 Å². The average molecular weight is 448 g/mol. The van der Waals surface area contributed by atoms with Gasteiger partial charge in [-0.3, -0.25) is 14.4 Å². The van der Waals surface area contributed by atoms with Crippen molar-refractivity contribution in [2.45, 2.75) is 26.9 Å². The van der Waals surface area contributed by atoms with Crippen molar-refractivity contribution < 1.29 is 9.18 Å². The first-order valence-electron chi connectivity index (χ1n) is 11.2. The Balaban J connectivity index is 1.33. The minimum atomic E-state index is -0.224. The number of amides is 1. The van der Waals surface area contributed by atoms with Crippen LogP contribution in [0.25, 0.3) is 16.9 Å². The molecule has 9 heteroatoms. The molecule has 0 aliphatic carbocycles. The number of rotatable bonds is 5. The fourth-order valence-electron chi connectivity index (χ4n) is 4.35. The summed E-state index contributed by atoms with van der Waals surface area (Å²) in [6.07, 6.45) is 5.31. The van der Waals surface area contributed by atoms with Gasteiger partial charge in [0, 0.05) is 57.2 Å². The van der Waals surface area contributed by atoms with Gasteiger partial charge in [-0.15, -0.1) is 0 Å². The van der Waals surface area contributed by atoms with Crippen LogP contribution in [0.2, 0.25) is 0 Å². The molecule has 8 nitrogen and oxygen atoms in total. The third-order valence-electron chi connectivity index (χ3n) is 6.13. The summed E-state index contributed by atoms with van der Waals surface area (Å²) in [5, 5.41) is 9.01. The molecular weight excluding hydrogens is 421 g/mol. The topological polar surface area (TPSA) is 71.6 Å². The quantitative estimate of drug-likeness (QED) is 0.470. The molecule has 33 heavy (non-hydrogen) atoms. The van der Waals surface area contributed by atoms with Gasteiger partial charge in [0.1, 0.15) is 11.4 Å². The summed E-state index contributed by atoms with van der Waals surface area (Å²) in [7, 11) is 0. The molecule has 3 aromatic heterocycles. The molecular formula is C24H26FN7O. The Bertz CT molecular complexity index is 1300. The van der Waals surface area contributed by atoms with Crippen molar-refractivity contribution in [3.63, 3.8) is 0 Å². The highest BCUT2D eigenvalue weighted by Crippen LogP contribution is 2.24. The van der Waals surface area contributed by atoms with Gasteiger partial charge in [0.05, 0.1) is 17.6 Å². The third-order valence-corrected chi connectivity index (χ3v) is 6.13. The van der Waals surface area contributed by atoms with E-state index in [9.17, 15) is 9.18 Å². The second kappa shape index (κ2) is 8.74. The van der Waals surface area contributed by atoms with Gasteiger partial charge in [-0.25, -0.2) is 13.9 Å². The van der Waals surface area contributed by atoms with E-state index in [0.29, 0.717) is 30.8 Å². The molecule has 0 atom stereocenters. The molecule has 0 unspecified atom stereocenters. The Morgan fingerprint density at radius 1 is 1.15 bits per heavy atom. The average Bonchev–Trinajstić information content (AvgIpc) is 3.42. The fraction of sp³-hybridized carbons (Fsp3) is 0.333. The predicted molar refractivity (Wildman–Crippen MR) is 122 cm³/mol. The van der Waals surface area contributed by atoms with Crippen LogP contribution in [-0.2, 0) is 13.1 Å². The normalized spacial score (nSPS) is 14.8. The molecule has 0 N–H and O–H groups in total. The molecule has 0 radical (unpaired) electrons. The van der Waals surface area contributed by atoms with Gasteiger partial charge in [-0.1, -0.05) is 12.1 Å². The zero-order valence-corrected chi connectivity index (χ0v) is 18.8. The molecule has 1 fully saturated rings. The number of piperazine rings is 1. The maximum absolute atomic E-state index is 13.5. The first-order chi connectivity index (χ1) is 16.0. The lowest BCUT2D eigenvalue weighted by Gasteiger charge is -2.34. The molecule has 1 amide bonds. The smallest absolute Gasteiger partial charge is 0.259 e. The monoisotopic (exact) mass is 447 g/mol. The number of carbonyl (C=O) groups excluding carboxylic acids is 1. The van der Waals surface area contributed by atoms with Gasteiger partial charge in [0.2, 0.25) is 0 Å². The summed E-state index contributed by atoms with van der Waals surface area (Å²) in [4.78, 5) is 21.8. The van der Waals surface area contributed by atoms with Gasteiger partial charge < -0.3 is 4.90 Å². The van der Waals surface area contributed by atoms with E-state index in [1.54, 1.807) is 29.0 Å². The van der Waals surface area contributed by atoms with Crippen molar-refractivity contribution >= 4 is 11.6 Å². The molecule has 170 valence electrons. The number of fused-ring (bicyclic) bond motifs is 1. The van der Waals surface area contributed by atoms with Gasteiger partial charge in [0.15, 0.2) is 5.65 Å². The van der Waals surface area contributed by atoms with E-state index in [1.165, 1.54) is 6.07 Å². The molecule has 1 aliphatic rings. The summed E-state index contributed by atoms with van der Waals surface area (Å²) in [5.41, 5.74) is 4.71. The highest BCUT2D eigenvalue weighted by molar-refractivity contribution is 6.00. The number of halogens is 1. The fourth-order valence-corrected chi connectivity index (χ4v) is 4.35. The van der Waals surface area contributed by atoms with E-state index in [-0.39, 0.29) is 11.7 Å². The predicted octanol–water partition coefficient (Wildman–Crippen LogP) is 3.02. The Kier molecular flexibility index (Phi) is 5.63. The van der Waals surface area contributed by atoms with Crippen molar-refractivity contribution in [1.82, 2.24) is 34.2 Å². The van der Waals surface area contributed by atoms with Crippen molar-refractivity contribution in [3.8, 4) is 11.3 Å². The van der Waals surface area contributed by atoms with Crippen molar-refractivity contribution in [2.24, 2.45) is 0 Å². The SMILES string of the molecule is CCn1cc(-c2ccnc3c(C(=O)N4CCN(Cc5cccc(F)c5)CC4)cnn23)c(C)n1. The minimum absolute atomic E-state index is 0.0685. The third kappa shape index (κ3) is 4.11. The molecule has 4 heterocycles. The van der Waals surface area contributed by atoms with Crippen LogP contribution in [0.3, 0.4) is 0 Å². The lowest BCUT2D eigenvalue weighted by atomic mass is 10.1. The lowest BCUT2D eigenvalue weighted by Crippen LogP contribution is -2.48. The van der Waals surface area contributed by atoms with Crippen LogP contribution in [0, 0.1) is 12.7 Å². The second-order valence-corrected chi connectivity index (χ2v) is 8.31. The number of aromatic nitrogens is 5. The molecule has 5 rings (SSSR count). The van der Waals surface area contributed by atoms with Crippen molar-refractivity contribution in [3.05, 3.63) is 71.6 Å². The van der Waals surface area contributed by atoms with E-state index in [1.807, 2.05) is 41.8 Å². The molecule has 0 saturated carbocycles. The van der Waals surface area contributed by atoms with Gasteiger partial charge >= 0.3 is 0 Å². The molecule has 1 aliphatic heterocycles. The zero-order valence-electron chi connectivity index (χ0n) is 18.8. The first-order valence-corrected chi connectivity index (χ1v) is 11.2. The Labute approximate surface area is 191 Å². The molecule has 0 spiro atoms.